The third-order valence-electron chi connectivity index (χ3n) is 6.38. The minimum Gasteiger partial charge on any atom is -0.335 e. The summed E-state index contributed by atoms with van der Waals surface area (Å²) >= 11 is 0. The van der Waals surface area contributed by atoms with Gasteiger partial charge in [0.25, 0.3) is 0 Å². The Morgan fingerprint density at radius 1 is 1.21 bits per heavy atom. The van der Waals surface area contributed by atoms with Crippen molar-refractivity contribution in [3.8, 4) is 0 Å². The topological polar surface area (TPSA) is 85.9 Å². The number of aromatic nitrogens is 3. The maximum absolute atomic E-state index is 13.1. The van der Waals surface area contributed by atoms with Gasteiger partial charge in [0.05, 0.1) is 23.3 Å². The molecule has 1 aliphatic carbocycles. The minimum absolute atomic E-state index is 0.0310. The fourth-order valence-corrected chi connectivity index (χ4v) is 4.40. The van der Waals surface area contributed by atoms with Gasteiger partial charge in [-0.2, -0.15) is 18.3 Å². The quantitative estimate of drug-likeness (QED) is 0.522. The molecule has 1 unspecified atom stereocenters. The normalized spacial score (nSPS) is 20.9. The minimum atomic E-state index is -4.47. The monoisotopic (exact) mass is 456 g/mol. The molecule has 7 nitrogen and oxygen atoms in total. The first-order valence-electron chi connectivity index (χ1n) is 10.7. The zero-order valence-corrected chi connectivity index (χ0v) is 18.1. The number of pyridine rings is 1. The molecule has 0 saturated heterocycles. The molecule has 1 aromatic carbocycles. The van der Waals surface area contributed by atoms with Gasteiger partial charge in [-0.15, -0.1) is 0 Å². The van der Waals surface area contributed by atoms with Crippen LogP contribution >= 0.6 is 0 Å². The number of carbonyl (C=O) groups excluding carboxylic acids is 1. The van der Waals surface area contributed by atoms with E-state index in [1.807, 2.05) is 32.0 Å². The van der Waals surface area contributed by atoms with E-state index in [-0.39, 0.29) is 24.4 Å². The highest BCUT2D eigenvalue weighted by Gasteiger charge is 2.46. The van der Waals surface area contributed by atoms with Gasteiger partial charge in [-0.3, -0.25) is 5.10 Å². The van der Waals surface area contributed by atoms with Crippen molar-refractivity contribution in [2.24, 2.45) is 0 Å². The van der Waals surface area contributed by atoms with E-state index in [9.17, 15) is 18.0 Å². The molecule has 3 N–H and O–H groups in total. The Labute approximate surface area is 188 Å². The molecule has 2 aliphatic rings. The largest absolute Gasteiger partial charge is 0.416 e. The van der Waals surface area contributed by atoms with Crippen molar-refractivity contribution in [3.05, 3.63) is 71.0 Å². The van der Waals surface area contributed by atoms with Crippen LogP contribution < -0.4 is 10.6 Å². The molecule has 5 rings (SSSR count). The summed E-state index contributed by atoms with van der Waals surface area (Å²) < 4.78 is 39.1. The number of halogens is 3. The molecule has 2 aromatic heterocycles. The van der Waals surface area contributed by atoms with E-state index in [2.05, 4.69) is 37.9 Å². The fourth-order valence-electron chi connectivity index (χ4n) is 4.40. The Morgan fingerprint density at radius 3 is 2.70 bits per heavy atom. The lowest BCUT2D eigenvalue weighted by Gasteiger charge is -2.32. The lowest BCUT2D eigenvalue weighted by Crippen LogP contribution is -2.47. The smallest absolute Gasteiger partial charge is 0.335 e. The number of fused-ring (bicyclic) bond motifs is 1. The van der Waals surface area contributed by atoms with Crippen LogP contribution in [0.1, 0.15) is 48.6 Å². The number of hydrogen-bond donors (Lipinski definition) is 3. The van der Waals surface area contributed by atoms with Gasteiger partial charge in [-0.1, -0.05) is 30.3 Å². The lowest BCUT2D eigenvalue weighted by molar-refractivity contribution is -0.137. The van der Waals surface area contributed by atoms with Crippen molar-refractivity contribution in [1.29, 1.82) is 0 Å². The predicted molar refractivity (Wildman–Crippen MR) is 116 cm³/mol. The summed E-state index contributed by atoms with van der Waals surface area (Å²) in [6.45, 7) is 4.09. The molecular weight excluding hydrogens is 433 g/mol. The van der Waals surface area contributed by atoms with Crippen molar-refractivity contribution in [2.75, 3.05) is 5.32 Å². The Kier molecular flexibility index (Phi) is 4.84. The molecule has 3 heterocycles. The van der Waals surface area contributed by atoms with Crippen molar-refractivity contribution >= 4 is 17.7 Å². The summed E-state index contributed by atoms with van der Waals surface area (Å²) in [6.07, 6.45) is -2.48. The zero-order valence-electron chi connectivity index (χ0n) is 18.1. The molecule has 2 amide bonds. The SMILES string of the molecule is CC1(C)c2[nH]nc(Nc3cc(C(F)(F)F)ccn3)c2CN1C(=O)N[C@H]1CC1c1ccccc1. The Balaban J connectivity index is 1.30. The zero-order chi connectivity index (χ0) is 23.4. The average Bonchev–Trinajstić information content (AvgIpc) is 3.33. The number of nitrogens with one attached hydrogen (secondary N) is 3. The maximum atomic E-state index is 13.1. The molecular formula is C23H23F3N6O. The van der Waals surface area contributed by atoms with Crippen LogP contribution in [0.5, 0.6) is 0 Å². The first-order chi connectivity index (χ1) is 15.6. The average molecular weight is 456 g/mol. The number of benzene rings is 1. The molecule has 10 heteroatoms. The van der Waals surface area contributed by atoms with Crippen LogP contribution in [0.25, 0.3) is 0 Å². The van der Waals surface area contributed by atoms with Gasteiger partial charge in [0.1, 0.15) is 5.82 Å². The van der Waals surface area contributed by atoms with Gasteiger partial charge < -0.3 is 15.5 Å². The number of aromatic amines is 1. The van der Waals surface area contributed by atoms with Gasteiger partial charge >= 0.3 is 12.2 Å². The van der Waals surface area contributed by atoms with Crippen molar-refractivity contribution in [2.45, 2.75) is 50.5 Å². The van der Waals surface area contributed by atoms with E-state index in [1.165, 1.54) is 5.56 Å². The summed E-state index contributed by atoms with van der Waals surface area (Å²) in [5, 5.41) is 13.1. The van der Waals surface area contributed by atoms with Crippen LogP contribution in [-0.2, 0) is 18.3 Å². The third-order valence-corrected chi connectivity index (χ3v) is 6.38. The van der Waals surface area contributed by atoms with Crippen LogP contribution in [0.4, 0.5) is 29.6 Å². The first-order valence-corrected chi connectivity index (χ1v) is 10.7. The van der Waals surface area contributed by atoms with E-state index in [1.54, 1.807) is 4.90 Å². The maximum Gasteiger partial charge on any atom is 0.416 e. The van der Waals surface area contributed by atoms with Crippen LogP contribution in [-0.4, -0.2) is 32.2 Å². The Hall–Kier alpha value is -3.56. The molecule has 1 fully saturated rings. The molecule has 3 aromatic rings. The predicted octanol–water partition coefficient (Wildman–Crippen LogP) is 4.88. The van der Waals surface area contributed by atoms with Crippen LogP contribution in [0, 0.1) is 0 Å². The van der Waals surface area contributed by atoms with Crippen LogP contribution in [0.2, 0.25) is 0 Å². The number of amides is 2. The highest BCUT2D eigenvalue weighted by atomic mass is 19.4. The van der Waals surface area contributed by atoms with Crippen molar-refractivity contribution in [1.82, 2.24) is 25.4 Å². The van der Waals surface area contributed by atoms with Gasteiger partial charge in [-0.05, 0) is 38.0 Å². The number of nitrogens with zero attached hydrogens (tertiary/aromatic N) is 3. The van der Waals surface area contributed by atoms with E-state index >= 15 is 0 Å². The van der Waals surface area contributed by atoms with Crippen molar-refractivity contribution in [3.63, 3.8) is 0 Å². The summed E-state index contributed by atoms with van der Waals surface area (Å²) in [5.74, 6) is 0.696. The number of carbonyl (C=O) groups is 1. The number of hydrogen-bond acceptors (Lipinski definition) is 4. The summed E-state index contributed by atoms with van der Waals surface area (Å²) in [6, 6.07) is 11.8. The second-order valence-electron chi connectivity index (χ2n) is 8.93. The van der Waals surface area contributed by atoms with E-state index in [4.69, 9.17) is 0 Å². The van der Waals surface area contributed by atoms with Gasteiger partial charge in [0, 0.05) is 23.7 Å². The Bertz CT molecular complexity index is 1190. The van der Waals surface area contributed by atoms with E-state index in [0.29, 0.717) is 11.7 Å². The third kappa shape index (κ3) is 3.90. The molecule has 1 aliphatic heterocycles. The molecule has 0 spiro atoms. The van der Waals surface area contributed by atoms with Crippen LogP contribution in [0.15, 0.2) is 48.7 Å². The standard InChI is InChI=1S/C23H23F3N6O/c1-22(2)19-16(20(31-30-19)29-18-10-14(8-9-27-18)23(24,25)26)12-32(22)21(33)28-17-11-15(17)13-6-4-3-5-7-13/h3-10,15,17H,11-12H2,1-2H3,(H,28,33)(H2,27,29,30,31)/t15?,17-/m0/s1. The number of anilines is 2. The Morgan fingerprint density at radius 2 is 1.97 bits per heavy atom. The number of urea groups is 1. The van der Waals surface area contributed by atoms with Gasteiger partial charge in [0.2, 0.25) is 0 Å². The summed E-state index contributed by atoms with van der Waals surface area (Å²) in [5.41, 5.74) is 1.21. The second-order valence-corrected chi connectivity index (χ2v) is 8.93. The van der Waals surface area contributed by atoms with Crippen LogP contribution in [0.3, 0.4) is 0 Å². The van der Waals surface area contributed by atoms with E-state index < -0.39 is 17.3 Å². The molecule has 2 atom stereocenters. The number of rotatable bonds is 4. The summed E-state index contributed by atoms with van der Waals surface area (Å²) in [4.78, 5) is 18.8. The summed E-state index contributed by atoms with van der Waals surface area (Å²) in [7, 11) is 0. The highest BCUT2D eigenvalue weighted by Crippen LogP contribution is 2.44. The first kappa shape index (κ1) is 21.3. The van der Waals surface area contributed by atoms with Gasteiger partial charge in [0.15, 0.2) is 5.82 Å². The molecule has 0 bridgehead atoms. The molecule has 0 radical (unpaired) electrons. The van der Waals surface area contributed by atoms with Crippen molar-refractivity contribution < 1.29 is 18.0 Å². The van der Waals surface area contributed by atoms with Gasteiger partial charge in [-0.25, -0.2) is 9.78 Å². The molecule has 1 saturated carbocycles. The van der Waals surface area contributed by atoms with E-state index in [0.717, 1.165) is 36.0 Å². The lowest BCUT2D eigenvalue weighted by atomic mass is 10.0. The fraction of sp³-hybridized carbons (Fsp3) is 0.348. The number of H-pyrrole nitrogens is 1. The molecule has 33 heavy (non-hydrogen) atoms. The number of alkyl halides is 3. The highest BCUT2D eigenvalue weighted by molar-refractivity contribution is 5.78. The molecule has 172 valence electrons. The second kappa shape index (κ2) is 7.50.